The second-order valence-corrected chi connectivity index (χ2v) is 13.5. The Hall–Kier alpha value is -2.01. The third-order valence-corrected chi connectivity index (χ3v) is 10.3. The SMILES string of the molecule is CC(=O)N(C)CC1CCN(C2CCN(C)CC2)CC1.CCCC(=O)CN(C)S(=O)(=O)c1c(C)cc(OC)cc1C. The predicted octanol–water partition coefficient (Wildman–Crippen LogP) is 3.57. The van der Waals surface area contributed by atoms with E-state index in [0.29, 0.717) is 35.6 Å². The monoisotopic (exact) mass is 580 g/mol. The standard InChI is InChI=1S/C15H29N3O.C15H23NO4S/c1-13(19)17(3)12-14-4-10-18(11-5-14)15-6-8-16(2)9-7-15;1-6-7-13(17)10-16(4)21(18,19)15-11(2)8-14(20-5)9-12(15)3/h14-15H,4-12H2,1-3H3;8-9H,6-7,10H2,1-5H3. The van der Waals surface area contributed by atoms with Crippen LogP contribution in [0.25, 0.3) is 0 Å². The summed E-state index contributed by atoms with van der Waals surface area (Å²) in [7, 11) is 3.44. The van der Waals surface area contributed by atoms with Crippen LogP contribution in [0.5, 0.6) is 5.75 Å². The van der Waals surface area contributed by atoms with Gasteiger partial charge in [0.25, 0.3) is 0 Å². The predicted molar refractivity (Wildman–Crippen MR) is 160 cm³/mol. The van der Waals surface area contributed by atoms with E-state index in [4.69, 9.17) is 4.74 Å². The molecule has 0 radical (unpaired) electrons. The molecule has 2 aliphatic heterocycles. The van der Waals surface area contributed by atoms with Crippen LogP contribution in [-0.2, 0) is 19.6 Å². The summed E-state index contributed by atoms with van der Waals surface area (Å²) in [5, 5.41) is 0. The van der Waals surface area contributed by atoms with Crippen molar-refractivity contribution < 1.29 is 22.7 Å². The Labute approximate surface area is 242 Å². The van der Waals surface area contributed by atoms with Crippen LogP contribution < -0.4 is 4.74 Å². The number of nitrogens with zero attached hydrogens (tertiary/aromatic N) is 4. The van der Waals surface area contributed by atoms with Gasteiger partial charge >= 0.3 is 0 Å². The highest BCUT2D eigenvalue weighted by Gasteiger charge is 2.28. The molecule has 2 aliphatic rings. The number of aryl methyl sites for hydroxylation is 2. The first kappa shape index (κ1) is 34.2. The fourth-order valence-corrected chi connectivity index (χ4v) is 7.22. The molecule has 2 saturated heterocycles. The summed E-state index contributed by atoms with van der Waals surface area (Å²) in [4.78, 5) is 30.2. The van der Waals surface area contributed by atoms with Crippen LogP contribution >= 0.6 is 0 Å². The van der Waals surface area contributed by atoms with Crippen molar-refractivity contribution in [2.75, 3.05) is 67.5 Å². The number of benzene rings is 1. The Kier molecular flexibility index (Phi) is 13.5. The number of likely N-dealkylation sites (N-methyl/N-ethyl adjacent to an activating group) is 1. The molecule has 0 spiro atoms. The van der Waals surface area contributed by atoms with E-state index < -0.39 is 10.0 Å². The zero-order chi connectivity index (χ0) is 30.0. The molecule has 1 aromatic carbocycles. The Morgan fingerprint density at radius 1 is 1.00 bits per heavy atom. The Bertz CT molecular complexity index is 1050. The van der Waals surface area contributed by atoms with Crippen molar-refractivity contribution in [3.8, 4) is 5.75 Å². The molecule has 0 aliphatic carbocycles. The zero-order valence-corrected chi connectivity index (χ0v) is 26.8. The van der Waals surface area contributed by atoms with Crippen LogP contribution in [0.4, 0.5) is 0 Å². The third-order valence-electron chi connectivity index (χ3n) is 8.19. The highest BCUT2D eigenvalue weighted by molar-refractivity contribution is 7.89. The summed E-state index contributed by atoms with van der Waals surface area (Å²) in [6, 6.07) is 4.17. The number of rotatable bonds is 10. The number of carbonyl (C=O) groups is 2. The Morgan fingerprint density at radius 3 is 2.02 bits per heavy atom. The molecule has 0 aromatic heterocycles. The van der Waals surface area contributed by atoms with Crippen LogP contribution in [-0.4, -0.2) is 113 Å². The van der Waals surface area contributed by atoms with Gasteiger partial charge in [-0.3, -0.25) is 9.59 Å². The van der Waals surface area contributed by atoms with Crippen molar-refractivity contribution in [2.45, 2.75) is 77.2 Å². The maximum Gasteiger partial charge on any atom is 0.243 e. The molecule has 0 atom stereocenters. The third kappa shape index (κ3) is 9.82. The summed E-state index contributed by atoms with van der Waals surface area (Å²) < 4.78 is 31.5. The van der Waals surface area contributed by atoms with E-state index in [1.807, 2.05) is 18.9 Å². The average Bonchev–Trinajstić information content (AvgIpc) is 2.89. The van der Waals surface area contributed by atoms with Crippen LogP contribution in [0, 0.1) is 19.8 Å². The van der Waals surface area contributed by atoms with Gasteiger partial charge in [-0.15, -0.1) is 0 Å². The summed E-state index contributed by atoms with van der Waals surface area (Å²) in [5.74, 6) is 1.44. The van der Waals surface area contributed by atoms with E-state index in [-0.39, 0.29) is 23.1 Å². The fraction of sp³-hybridized carbons (Fsp3) is 0.733. The lowest BCUT2D eigenvalue weighted by molar-refractivity contribution is -0.128. The molecule has 3 rings (SSSR count). The van der Waals surface area contributed by atoms with E-state index in [9.17, 15) is 18.0 Å². The number of carbonyl (C=O) groups excluding carboxylic acids is 2. The summed E-state index contributed by atoms with van der Waals surface area (Å²) in [6.07, 6.45) is 6.27. The number of hydrogen-bond acceptors (Lipinski definition) is 7. The summed E-state index contributed by atoms with van der Waals surface area (Å²) >= 11 is 0. The second-order valence-electron chi connectivity index (χ2n) is 11.6. The number of ether oxygens (including phenoxy) is 1. The van der Waals surface area contributed by atoms with Crippen molar-refractivity contribution in [2.24, 2.45) is 5.92 Å². The van der Waals surface area contributed by atoms with Gasteiger partial charge in [0.1, 0.15) is 11.5 Å². The molecular weight excluding hydrogens is 528 g/mol. The van der Waals surface area contributed by atoms with Crippen LogP contribution in [0.3, 0.4) is 0 Å². The summed E-state index contributed by atoms with van der Waals surface area (Å²) in [6.45, 7) is 12.8. The van der Waals surface area contributed by atoms with E-state index in [0.717, 1.165) is 16.9 Å². The van der Waals surface area contributed by atoms with Crippen molar-refractivity contribution in [1.29, 1.82) is 0 Å². The summed E-state index contributed by atoms with van der Waals surface area (Å²) in [5.41, 5.74) is 1.23. The molecular formula is C30H52N4O5S. The average molecular weight is 581 g/mol. The smallest absolute Gasteiger partial charge is 0.243 e. The topological polar surface area (TPSA) is 90.5 Å². The molecule has 9 nitrogen and oxygen atoms in total. The van der Waals surface area contributed by atoms with Gasteiger partial charge in [0.2, 0.25) is 15.9 Å². The number of hydrogen-bond donors (Lipinski definition) is 0. The molecule has 10 heteroatoms. The first-order valence-corrected chi connectivity index (χ1v) is 16.0. The van der Waals surface area contributed by atoms with Crippen LogP contribution in [0.2, 0.25) is 0 Å². The van der Waals surface area contributed by atoms with Gasteiger partial charge in [-0.2, -0.15) is 4.31 Å². The molecule has 0 saturated carbocycles. The molecule has 40 heavy (non-hydrogen) atoms. The van der Waals surface area contributed by atoms with Crippen molar-refractivity contribution in [3.05, 3.63) is 23.3 Å². The Morgan fingerprint density at radius 2 is 1.55 bits per heavy atom. The van der Waals surface area contributed by atoms with Gasteiger partial charge in [0.05, 0.1) is 18.6 Å². The molecule has 1 amide bonds. The molecule has 0 N–H and O–H groups in total. The normalized spacial score (nSPS) is 17.8. The number of ketones is 1. The second kappa shape index (κ2) is 15.8. The van der Waals surface area contributed by atoms with Gasteiger partial charge in [0.15, 0.2) is 0 Å². The number of piperidine rings is 2. The van der Waals surface area contributed by atoms with Crippen molar-refractivity contribution >= 4 is 21.7 Å². The maximum absolute atomic E-state index is 12.6. The lowest BCUT2D eigenvalue weighted by atomic mass is 9.93. The van der Waals surface area contributed by atoms with Gasteiger partial charge in [-0.05, 0) is 108 Å². The minimum Gasteiger partial charge on any atom is -0.497 e. The highest BCUT2D eigenvalue weighted by Crippen LogP contribution is 2.28. The van der Waals surface area contributed by atoms with Crippen LogP contribution in [0.1, 0.15) is 63.5 Å². The lowest BCUT2D eigenvalue weighted by Gasteiger charge is -2.41. The number of amides is 1. The number of Topliss-reactive ketones (excluding diaryl/α,β-unsaturated/α-hetero) is 1. The van der Waals surface area contributed by atoms with Crippen LogP contribution in [0.15, 0.2) is 17.0 Å². The number of methoxy groups -OCH3 is 1. The molecule has 0 unspecified atom stereocenters. The van der Waals surface area contributed by atoms with E-state index >= 15 is 0 Å². The minimum absolute atomic E-state index is 0.0765. The van der Waals surface area contributed by atoms with Crippen molar-refractivity contribution in [1.82, 2.24) is 19.0 Å². The Balaban J connectivity index is 0.000000281. The van der Waals surface area contributed by atoms with Gasteiger partial charge in [0, 0.05) is 40.0 Å². The molecule has 2 fully saturated rings. The van der Waals surface area contributed by atoms with E-state index in [2.05, 4.69) is 16.8 Å². The maximum atomic E-state index is 12.6. The first-order valence-electron chi connectivity index (χ1n) is 14.6. The molecule has 228 valence electrons. The van der Waals surface area contributed by atoms with Gasteiger partial charge in [-0.25, -0.2) is 8.42 Å². The largest absolute Gasteiger partial charge is 0.497 e. The number of sulfonamides is 1. The zero-order valence-electron chi connectivity index (χ0n) is 26.0. The van der Waals surface area contributed by atoms with Crippen molar-refractivity contribution in [3.63, 3.8) is 0 Å². The molecule has 0 bridgehead atoms. The fourth-order valence-electron chi connectivity index (χ4n) is 5.66. The van der Waals surface area contributed by atoms with Gasteiger partial charge < -0.3 is 19.4 Å². The highest BCUT2D eigenvalue weighted by atomic mass is 32.2. The molecule has 2 heterocycles. The van der Waals surface area contributed by atoms with E-state index in [1.54, 1.807) is 32.9 Å². The quantitative estimate of drug-likeness (QED) is 0.418. The minimum atomic E-state index is -3.68. The lowest BCUT2D eigenvalue weighted by Crippen LogP contribution is -2.48. The first-order chi connectivity index (χ1) is 18.8. The van der Waals surface area contributed by atoms with E-state index in [1.165, 1.54) is 66.0 Å². The number of likely N-dealkylation sites (tertiary alicyclic amines) is 2. The van der Waals surface area contributed by atoms with Gasteiger partial charge in [-0.1, -0.05) is 6.92 Å². The molecule has 1 aromatic rings.